The molecule has 2 aromatic rings. The fraction of sp³-hybridized carbons (Fsp3) is 0.214. The number of amides is 1. The number of hydrogen-bond acceptors (Lipinski definition) is 4. The van der Waals surface area contributed by atoms with Gasteiger partial charge in [0.1, 0.15) is 0 Å². The summed E-state index contributed by atoms with van der Waals surface area (Å²) in [6, 6.07) is 4.52. The van der Waals surface area contributed by atoms with Crippen LogP contribution in [0.5, 0.6) is 5.75 Å². The highest BCUT2D eigenvalue weighted by atomic mass is 35.5. The number of nitrogens with one attached hydrogen (secondary N) is 1. The molecule has 1 amide bonds. The molecule has 2 rings (SSSR count). The second-order valence-corrected chi connectivity index (χ2v) is 5.26. The van der Waals surface area contributed by atoms with E-state index in [1.165, 1.54) is 12.1 Å². The molecule has 0 aliphatic heterocycles. The van der Waals surface area contributed by atoms with E-state index in [2.05, 4.69) is 15.5 Å². The molecule has 0 spiro atoms. The van der Waals surface area contributed by atoms with Crippen molar-refractivity contribution in [1.82, 2.24) is 10.2 Å². The molecule has 0 fully saturated rings. The zero-order chi connectivity index (χ0) is 15.6. The third-order valence-electron chi connectivity index (χ3n) is 2.85. The van der Waals surface area contributed by atoms with Gasteiger partial charge in [0.2, 0.25) is 0 Å². The Kier molecular flexibility index (Phi) is 4.65. The number of carbonyl (C=O) groups is 1. The first-order valence-electron chi connectivity index (χ1n) is 6.25. The Morgan fingerprint density at radius 3 is 2.43 bits per heavy atom. The molecule has 5 nitrogen and oxygen atoms in total. The van der Waals surface area contributed by atoms with Crippen molar-refractivity contribution in [1.29, 1.82) is 0 Å². The van der Waals surface area contributed by atoms with Gasteiger partial charge in [-0.15, -0.1) is 0 Å². The van der Waals surface area contributed by atoms with Crippen molar-refractivity contribution >= 4 is 34.8 Å². The fourth-order valence-corrected chi connectivity index (χ4v) is 2.30. The van der Waals surface area contributed by atoms with Gasteiger partial charge in [-0.05, 0) is 31.5 Å². The average molecular weight is 326 g/mol. The van der Waals surface area contributed by atoms with Crippen LogP contribution in [-0.4, -0.2) is 21.2 Å². The van der Waals surface area contributed by atoms with Crippen molar-refractivity contribution in [3.05, 3.63) is 45.2 Å². The van der Waals surface area contributed by atoms with Crippen LogP contribution in [-0.2, 0) is 6.42 Å². The normalized spacial score (nSPS) is 10.5. The monoisotopic (exact) mass is 325 g/mol. The zero-order valence-electron chi connectivity index (χ0n) is 11.4. The van der Waals surface area contributed by atoms with Crippen LogP contribution in [0.4, 0.5) is 5.69 Å². The van der Waals surface area contributed by atoms with E-state index >= 15 is 0 Å². The summed E-state index contributed by atoms with van der Waals surface area (Å²) in [6.45, 7) is 3.65. The van der Waals surface area contributed by atoms with Crippen LogP contribution >= 0.6 is 23.2 Å². The Morgan fingerprint density at radius 1 is 1.24 bits per heavy atom. The van der Waals surface area contributed by atoms with Gasteiger partial charge in [-0.2, -0.15) is 10.2 Å². The van der Waals surface area contributed by atoms with E-state index in [4.69, 9.17) is 23.2 Å². The van der Waals surface area contributed by atoms with Crippen LogP contribution in [0.1, 0.15) is 28.7 Å². The number of anilines is 1. The van der Waals surface area contributed by atoms with E-state index in [0.29, 0.717) is 29.1 Å². The summed E-state index contributed by atoms with van der Waals surface area (Å²) in [5.41, 5.74) is 2.10. The number of rotatable bonds is 3. The van der Waals surface area contributed by atoms with Gasteiger partial charge in [-0.1, -0.05) is 30.1 Å². The molecule has 0 atom stereocenters. The highest BCUT2D eigenvalue weighted by Gasteiger charge is 2.15. The SMILES string of the molecule is CCc1nnc(C)cc1C(=O)Nc1cc(Cl)c(O)c(Cl)c1. The molecule has 2 N–H and O–H groups in total. The lowest BCUT2D eigenvalue weighted by atomic mass is 10.1. The molecule has 1 aromatic carbocycles. The van der Waals surface area contributed by atoms with Crippen LogP contribution in [0.25, 0.3) is 0 Å². The van der Waals surface area contributed by atoms with Gasteiger partial charge in [-0.25, -0.2) is 0 Å². The Bertz CT molecular complexity index is 682. The van der Waals surface area contributed by atoms with Gasteiger partial charge in [0.25, 0.3) is 5.91 Å². The van der Waals surface area contributed by atoms with E-state index in [1.54, 1.807) is 13.0 Å². The molecule has 0 radical (unpaired) electrons. The maximum Gasteiger partial charge on any atom is 0.257 e. The summed E-state index contributed by atoms with van der Waals surface area (Å²) in [6.07, 6.45) is 0.590. The Morgan fingerprint density at radius 2 is 1.86 bits per heavy atom. The minimum absolute atomic E-state index is 0.0672. The molecule has 21 heavy (non-hydrogen) atoms. The third kappa shape index (κ3) is 3.43. The maximum atomic E-state index is 12.3. The number of phenols is 1. The van der Waals surface area contributed by atoms with Gasteiger partial charge in [0, 0.05) is 5.69 Å². The summed E-state index contributed by atoms with van der Waals surface area (Å²) >= 11 is 11.6. The lowest BCUT2D eigenvalue weighted by Crippen LogP contribution is -2.16. The first kappa shape index (κ1) is 15.5. The van der Waals surface area contributed by atoms with Crippen molar-refractivity contribution in [3.8, 4) is 5.75 Å². The van der Waals surface area contributed by atoms with Crippen molar-refractivity contribution < 1.29 is 9.90 Å². The quantitative estimate of drug-likeness (QED) is 0.845. The van der Waals surface area contributed by atoms with Gasteiger partial charge in [0.15, 0.2) is 5.75 Å². The largest absolute Gasteiger partial charge is 0.505 e. The van der Waals surface area contributed by atoms with Gasteiger partial charge < -0.3 is 10.4 Å². The van der Waals surface area contributed by atoms with Crippen LogP contribution in [0.15, 0.2) is 18.2 Å². The Labute approximate surface area is 131 Å². The number of phenolic OH excluding ortho intramolecular Hbond substituents is 1. The second-order valence-electron chi connectivity index (χ2n) is 4.44. The molecule has 1 heterocycles. The van der Waals surface area contributed by atoms with E-state index in [-0.39, 0.29) is 21.7 Å². The molecule has 0 aliphatic carbocycles. The summed E-state index contributed by atoms with van der Waals surface area (Å²) in [5, 5.41) is 20.3. The van der Waals surface area contributed by atoms with E-state index in [1.807, 2.05) is 6.92 Å². The van der Waals surface area contributed by atoms with Crippen molar-refractivity contribution in [2.24, 2.45) is 0 Å². The number of hydrogen-bond donors (Lipinski definition) is 2. The summed E-state index contributed by atoms with van der Waals surface area (Å²) in [4.78, 5) is 12.3. The number of aromatic nitrogens is 2. The van der Waals surface area contributed by atoms with Crippen LogP contribution in [0, 0.1) is 6.92 Å². The van der Waals surface area contributed by atoms with Crippen LogP contribution in [0.2, 0.25) is 10.0 Å². The minimum atomic E-state index is -0.331. The van der Waals surface area contributed by atoms with Gasteiger partial charge >= 0.3 is 0 Å². The smallest absolute Gasteiger partial charge is 0.257 e. The molecule has 0 bridgehead atoms. The molecule has 7 heteroatoms. The number of nitrogens with zero attached hydrogens (tertiary/aromatic N) is 2. The molecule has 110 valence electrons. The van der Waals surface area contributed by atoms with Gasteiger partial charge in [0.05, 0.1) is 27.0 Å². The number of benzene rings is 1. The number of aromatic hydroxyl groups is 1. The van der Waals surface area contributed by atoms with Crippen molar-refractivity contribution in [2.75, 3.05) is 5.32 Å². The predicted octanol–water partition coefficient (Wildman–Crippen LogP) is 3.61. The third-order valence-corrected chi connectivity index (χ3v) is 3.42. The molecule has 1 aromatic heterocycles. The predicted molar refractivity (Wildman–Crippen MR) is 82.2 cm³/mol. The van der Waals surface area contributed by atoms with Crippen LogP contribution in [0.3, 0.4) is 0 Å². The average Bonchev–Trinajstić information content (AvgIpc) is 2.44. The zero-order valence-corrected chi connectivity index (χ0v) is 13.0. The van der Waals surface area contributed by atoms with Crippen LogP contribution < -0.4 is 5.32 Å². The number of aryl methyl sites for hydroxylation is 2. The topological polar surface area (TPSA) is 75.1 Å². The molecule has 0 aliphatic rings. The molecule has 0 saturated carbocycles. The maximum absolute atomic E-state index is 12.3. The molecular formula is C14H13Cl2N3O2. The lowest BCUT2D eigenvalue weighted by Gasteiger charge is -2.10. The van der Waals surface area contributed by atoms with Crippen molar-refractivity contribution in [2.45, 2.75) is 20.3 Å². The minimum Gasteiger partial charge on any atom is -0.505 e. The Hall–Kier alpha value is -1.85. The molecule has 0 unspecified atom stereocenters. The summed E-state index contributed by atoms with van der Waals surface area (Å²) in [7, 11) is 0. The molecule has 0 saturated heterocycles. The second kappa shape index (κ2) is 6.28. The lowest BCUT2D eigenvalue weighted by molar-refractivity contribution is 0.102. The summed E-state index contributed by atoms with van der Waals surface area (Å²) < 4.78 is 0. The van der Waals surface area contributed by atoms with E-state index < -0.39 is 0 Å². The molecular weight excluding hydrogens is 313 g/mol. The van der Waals surface area contributed by atoms with E-state index in [9.17, 15) is 9.90 Å². The Balaban J connectivity index is 2.32. The first-order valence-corrected chi connectivity index (χ1v) is 7.00. The number of carbonyl (C=O) groups excluding carboxylic acids is 1. The standard InChI is InChI=1S/C14H13Cl2N3O2/c1-3-12-9(4-7(2)18-19-12)14(21)17-8-5-10(15)13(20)11(16)6-8/h4-6,20H,3H2,1-2H3,(H,17,21). The summed E-state index contributed by atoms with van der Waals surface area (Å²) in [5.74, 6) is -0.547. The van der Waals surface area contributed by atoms with E-state index in [0.717, 1.165) is 0 Å². The number of halogens is 2. The highest BCUT2D eigenvalue weighted by Crippen LogP contribution is 2.34. The fourth-order valence-electron chi connectivity index (χ4n) is 1.81. The van der Waals surface area contributed by atoms with Gasteiger partial charge in [-0.3, -0.25) is 4.79 Å². The van der Waals surface area contributed by atoms with Crippen molar-refractivity contribution in [3.63, 3.8) is 0 Å². The first-order chi connectivity index (χ1) is 9.92. The highest BCUT2D eigenvalue weighted by molar-refractivity contribution is 6.37.